The minimum absolute atomic E-state index is 0.0522. The molecule has 0 aliphatic heterocycles. The number of anilines is 1. The summed E-state index contributed by atoms with van der Waals surface area (Å²) in [5.74, 6) is 0.0578. The van der Waals surface area contributed by atoms with Crippen LogP contribution in [0.15, 0.2) is 48.5 Å². The van der Waals surface area contributed by atoms with E-state index in [2.05, 4.69) is 5.32 Å². The highest BCUT2D eigenvalue weighted by Gasteiger charge is 2.12. The first-order chi connectivity index (χ1) is 10.6. The second-order valence-corrected chi connectivity index (χ2v) is 6.50. The van der Waals surface area contributed by atoms with Crippen LogP contribution in [0.4, 0.5) is 10.1 Å². The van der Waals surface area contributed by atoms with Crippen LogP contribution in [-0.4, -0.2) is 22.3 Å². The molecule has 0 aliphatic rings. The molecule has 0 fully saturated rings. The molecule has 0 saturated heterocycles. The van der Waals surface area contributed by atoms with Gasteiger partial charge in [0.05, 0.1) is 5.56 Å². The Labute approximate surface area is 132 Å². The van der Waals surface area contributed by atoms with Crippen LogP contribution in [0.5, 0.6) is 0 Å². The van der Waals surface area contributed by atoms with E-state index in [4.69, 9.17) is 0 Å². The van der Waals surface area contributed by atoms with Crippen LogP contribution in [0.2, 0.25) is 0 Å². The van der Waals surface area contributed by atoms with Crippen LogP contribution in [0, 0.1) is 5.82 Å². The van der Waals surface area contributed by atoms with Gasteiger partial charge >= 0.3 is 0 Å². The summed E-state index contributed by atoms with van der Waals surface area (Å²) in [4.78, 5) is 11.5. The SMILES string of the molecule is CC(=O)c1c(F)cccc1NCC[S@](=O)Cc1ccccc1. The molecule has 0 saturated carbocycles. The number of hydrogen-bond acceptors (Lipinski definition) is 3. The number of benzene rings is 2. The second kappa shape index (κ2) is 7.84. The third-order valence-electron chi connectivity index (χ3n) is 3.18. The lowest BCUT2D eigenvalue weighted by Gasteiger charge is -2.11. The largest absolute Gasteiger partial charge is 0.383 e. The molecule has 0 unspecified atom stereocenters. The topological polar surface area (TPSA) is 46.2 Å². The van der Waals surface area contributed by atoms with E-state index in [0.717, 1.165) is 5.56 Å². The molecule has 0 bridgehead atoms. The molecule has 0 aliphatic carbocycles. The van der Waals surface area contributed by atoms with Crippen molar-refractivity contribution in [2.45, 2.75) is 12.7 Å². The van der Waals surface area contributed by atoms with Crippen molar-refractivity contribution >= 4 is 22.3 Å². The minimum Gasteiger partial charge on any atom is -0.383 e. The number of halogens is 1. The van der Waals surface area contributed by atoms with Crippen LogP contribution >= 0.6 is 0 Å². The van der Waals surface area contributed by atoms with Crippen molar-refractivity contribution in [1.29, 1.82) is 0 Å². The van der Waals surface area contributed by atoms with Gasteiger partial charge in [-0.25, -0.2) is 4.39 Å². The summed E-state index contributed by atoms with van der Waals surface area (Å²) < 4.78 is 25.7. The Bertz CT molecular complexity index is 674. The predicted molar refractivity (Wildman–Crippen MR) is 88.0 cm³/mol. The molecule has 22 heavy (non-hydrogen) atoms. The maximum Gasteiger partial charge on any atom is 0.164 e. The Morgan fingerprint density at radius 3 is 2.55 bits per heavy atom. The van der Waals surface area contributed by atoms with Gasteiger partial charge in [0.1, 0.15) is 5.82 Å². The molecule has 0 heterocycles. The highest BCUT2D eigenvalue weighted by Crippen LogP contribution is 2.19. The minimum atomic E-state index is -1.01. The van der Waals surface area contributed by atoms with Crippen molar-refractivity contribution in [2.24, 2.45) is 0 Å². The zero-order chi connectivity index (χ0) is 15.9. The lowest BCUT2D eigenvalue weighted by atomic mass is 10.1. The quantitative estimate of drug-likeness (QED) is 0.796. The number of hydrogen-bond donors (Lipinski definition) is 1. The first-order valence-electron chi connectivity index (χ1n) is 7.00. The highest BCUT2D eigenvalue weighted by atomic mass is 32.2. The zero-order valence-corrected chi connectivity index (χ0v) is 13.2. The third kappa shape index (κ3) is 4.49. The number of ketones is 1. The Morgan fingerprint density at radius 2 is 1.86 bits per heavy atom. The number of nitrogens with one attached hydrogen (secondary N) is 1. The van der Waals surface area contributed by atoms with E-state index in [1.807, 2.05) is 30.3 Å². The molecule has 116 valence electrons. The molecule has 0 spiro atoms. The van der Waals surface area contributed by atoms with Gasteiger partial charge in [-0.15, -0.1) is 0 Å². The van der Waals surface area contributed by atoms with Crippen molar-refractivity contribution in [2.75, 3.05) is 17.6 Å². The molecular weight excluding hydrogens is 301 g/mol. The average Bonchev–Trinajstić information content (AvgIpc) is 2.48. The maximum absolute atomic E-state index is 13.7. The van der Waals surface area contributed by atoms with E-state index >= 15 is 0 Å². The van der Waals surface area contributed by atoms with Crippen LogP contribution in [-0.2, 0) is 16.6 Å². The molecule has 5 heteroatoms. The van der Waals surface area contributed by atoms with E-state index in [1.165, 1.54) is 13.0 Å². The Balaban J connectivity index is 1.90. The van der Waals surface area contributed by atoms with Gasteiger partial charge in [-0.2, -0.15) is 0 Å². The highest BCUT2D eigenvalue weighted by molar-refractivity contribution is 7.84. The standard InChI is InChI=1S/C17H18FNO2S/c1-13(20)17-15(18)8-5-9-16(17)19-10-11-22(21)12-14-6-3-2-4-7-14/h2-9,19H,10-12H2,1H3/t22-/m0/s1. The second-order valence-electron chi connectivity index (χ2n) is 4.92. The third-order valence-corrected chi connectivity index (χ3v) is 4.50. The fourth-order valence-corrected chi connectivity index (χ4v) is 3.20. The summed E-state index contributed by atoms with van der Waals surface area (Å²) in [7, 11) is -1.01. The molecule has 1 N–H and O–H groups in total. The van der Waals surface area contributed by atoms with Gasteiger partial charge in [-0.3, -0.25) is 9.00 Å². The fourth-order valence-electron chi connectivity index (χ4n) is 2.16. The monoisotopic (exact) mass is 319 g/mol. The van der Waals surface area contributed by atoms with E-state index in [1.54, 1.807) is 12.1 Å². The smallest absolute Gasteiger partial charge is 0.164 e. The molecule has 2 aromatic rings. The van der Waals surface area contributed by atoms with Gasteiger partial charge in [-0.1, -0.05) is 36.4 Å². The van der Waals surface area contributed by atoms with Crippen molar-refractivity contribution in [3.05, 3.63) is 65.5 Å². The van der Waals surface area contributed by atoms with Crippen molar-refractivity contribution in [3.63, 3.8) is 0 Å². The maximum atomic E-state index is 13.7. The van der Waals surface area contributed by atoms with Gasteiger partial charge in [0.15, 0.2) is 5.78 Å². The molecular formula is C17H18FNO2S. The molecule has 2 aromatic carbocycles. The van der Waals surface area contributed by atoms with Gasteiger partial charge in [0.2, 0.25) is 0 Å². The summed E-state index contributed by atoms with van der Waals surface area (Å²) in [6, 6.07) is 14.1. The molecule has 3 nitrogen and oxygen atoms in total. The average molecular weight is 319 g/mol. The van der Waals surface area contributed by atoms with E-state index in [-0.39, 0.29) is 11.3 Å². The summed E-state index contributed by atoms with van der Waals surface area (Å²) in [5.41, 5.74) is 1.52. The summed E-state index contributed by atoms with van der Waals surface area (Å²) >= 11 is 0. The molecule has 0 aromatic heterocycles. The lowest BCUT2D eigenvalue weighted by Crippen LogP contribution is -2.14. The van der Waals surface area contributed by atoms with E-state index in [0.29, 0.717) is 23.7 Å². The normalized spacial score (nSPS) is 11.9. The first-order valence-corrected chi connectivity index (χ1v) is 8.49. The predicted octanol–water partition coefficient (Wildman–Crippen LogP) is 3.39. The molecule has 0 radical (unpaired) electrons. The van der Waals surface area contributed by atoms with Crippen LogP contribution in [0.3, 0.4) is 0 Å². The van der Waals surface area contributed by atoms with Gasteiger partial charge in [0.25, 0.3) is 0 Å². The van der Waals surface area contributed by atoms with Crippen LogP contribution < -0.4 is 5.32 Å². The Kier molecular flexibility index (Phi) is 5.83. The molecule has 1 atom stereocenters. The molecule has 2 rings (SSSR count). The lowest BCUT2D eigenvalue weighted by molar-refractivity contribution is 0.101. The Hall–Kier alpha value is -2.01. The van der Waals surface area contributed by atoms with E-state index < -0.39 is 16.6 Å². The van der Waals surface area contributed by atoms with Gasteiger partial charge in [0, 0.05) is 34.5 Å². The zero-order valence-electron chi connectivity index (χ0n) is 12.3. The first kappa shape index (κ1) is 16.4. The van der Waals surface area contributed by atoms with Crippen molar-refractivity contribution in [3.8, 4) is 0 Å². The number of rotatable bonds is 7. The van der Waals surface area contributed by atoms with E-state index in [9.17, 15) is 13.4 Å². The number of Topliss-reactive ketones (excluding diaryl/α,β-unsaturated/α-hetero) is 1. The van der Waals surface area contributed by atoms with Crippen molar-refractivity contribution < 1.29 is 13.4 Å². The summed E-state index contributed by atoms with van der Waals surface area (Å²) in [6.07, 6.45) is 0. The van der Waals surface area contributed by atoms with Crippen molar-refractivity contribution in [1.82, 2.24) is 0 Å². The number of carbonyl (C=O) groups excluding carboxylic acids is 1. The van der Waals surface area contributed by atoms with Crippen LogP contribution in [0.1, 0.15) is 22.8 Å². The summed E-state index contributed by atoms with van der Waals surface area (Å²) in [5, 5.41) is 3.00. The van der Waals surface area contributed by atoms with Gasteiger partial charge < -0.3 is 5.32 Å². The fraction of sp³-hybridized carbons (Fsp3) is 0.235. The summed E-state index contributed by atoms with van der Waals surface area (Å²) in [6.45, 7) is 1.75. The molecule has 0 amide bonds. The Morgan fingerprint density at radius 1 is 1.14 bits per heavy atom. The van der Waals surface area contributed by atoms with Crippen LogP contribution in [0.25, 0.3) is 0 Å². The van der Waals surface area contributed by atoms with Gasteiger partial charge in [-0.05, 0) is 24.6 Å². The number of carbonyl (C=O) groups is 1.